The number of anilines is 1. The number of benzene rings is 1. The predicted molar refractivity (Wildman–Crippen MR) is 154 cm³/mol. The number of amides is 3. The number of carbonyl (C=O) groups is 3. The Bertz CT molecular complexity index is 1760. The molecule has 4 aliphatic rings. The molecule has 214 valence electrons. The molecule has 2 N–H and O–H groups in total. The zero-order valence-corrected chi connectivity index (χ0v) is 23.4. The number of aromatic nitrogens is 5. The minimum atomic E-state index is -0.594. The summed E-state index contributed by atoms with van der Waals surface area (Å²) < 4.78 is 4.05. The molecule has 0 bridgehead atoms. The normalized spacial score (nSPS) is 23.7. The van der Waals surface area contributed by atoms with Crippen LogP contribution in [0.5, 0.6) is 0 Å². The Morgan fingerprint density at radius 2 is 1.90 bits per heavy atom. The highest BCUT2D eigenvalue weighted by molar-refractivity contribution is 6.05. The van der Waals surface area contributed by atoms with Crippen molar-refractivity contribution in [2.75, 3.05) is 11.9 Å². The third-order valence-corrected chi connectivity index (χ3v) is 9.33. The van der Waals surface area contributed by atoms with Crippen molar-refractivity contribution in [2.45, 2.75) is 63.1 Å². The molecule has 1 aromatic carbocycles. The van der Waals surface area contributed by atoms with Crippen LogP contribution in [0.15, 0.2) is 42.9 Å². The lowest BCUT2D eigenvalue weighted by Gasteiger charge is -2.35. The number of imide groups is 1. The van der Waals surface area contributed by atoms with Crippen molar-refractivity contribution >= 4 is 34.3 Å². The Balaban J connectivity index is 0.910. The van der Waals surface area contributed by atoms with Crippen molar-refractivity contribution in [1.82, 2.24) is 34.8 Å². The fourth-order valence-corrected chi connectivity index (χ4v) is 6.67. The minimum Gasteiger partial charge on any atom is -0.385 e. The number of nitrogens with one attached hydrogen (secondary N) is 2. The van der Waals surface area contributed by atoms with Crippen molar-refractivity contribution < 1.29 is 14.4 Å². The van der Waals surface area contributed by atoms with E-state index in [0.717, 1.165) is 52.8 Å². The molecular formula is C31H32N8O3. The number of aryl methyl sites for hydroxylation is 1. The van der Waals surface area contributed by atoms with Crippen molar-refractivity contribution in [3.05, 3.63) is 59.7 Å². The smallest absolute Gasteiger partial charge is 0.255 e. The molecule has 0 spiro atoms. The molecule has 2 saturated carbocycles. The molecular weight excluding hydrogens is 532 g/mol. The lowest BCUT2D eigenvalue weighted by molar-refractivity contribution is -0.136. The molecule has 1 unspecified atom stereocenters. The second kappa shape index (κ2) is 9.50. The van der Waals surface area contributed by atoms with Gasteiger partial charge in [0.25, 0.3) is 5.91 Å². The van der Waals surface area contributed by atoms with E-state index in [1.807, 2.05) is 42.3 Å². The van der Waals surface area contributed by atoms with E-state index in [1.54, 1.807) is 4.90 Å². The second-order valence-electron chi connectivity index (χ2n) is 12.2. The Morgan fingerprint density at radius 1 is 1.05 bits per heavy atom. The fourth-order valence-electron chi connectivity index (χ4n) is 6.67. The monoisotopic (exact) mass is 564 g/mol. The topological polar surface area (TPSA) is 127 Å². The summed E-state index contributed by atoms with van der Waals surface area (Å²) in [6.07, 6.45) is 11.0. The Kier molecular flexibility index (Phi) is 5.70. The average molecular weight is 565 g/mol. The number of piperidine rings is 1. The summed E-state index contributed by atoms with van der Waals surface area (Å²) in [5.74, 6) is 0.254. The summed E-state index contributed by atoms with van der Waals surface area (Å²) in [7, 11) is 1.96. The van der Waals surface area contributed by atoms with Gasteiger partial charge in [-0.25, -0.2) is 0 Å². The van der Waals surface area contributed by atoms with Crippen LogP contribution in [0.1, 0.15) is 72.1 Å². The zero-order chi connectivity index (χ0) is 28.5. The first-order valence-corrected chi connectivity index (χ1v) is 14.8. The summed E-state index contributed by atoms with van der Waals surface area (Å²) in [5, 5.41) is 16.4. The van der Waals surface area contributed by atoms with Crippen LogP contribution < -0.4 is 10.6 Å². The Morgan fingerprint density at radius 3 is 2.71 bits per heavy atom. The van der Waals surface area contributed by atoms with Crippen LogP contribution in [-0.4, -0.2) is 59.8 Å². The van der Waals surface area contributed by atoms with Gasteiger partial charge in [-0.2, -0.15) is 10.2 Å². The number of hydrogen-bond donors (Lipinski definition) is 2. The first-order chi connectivity index (χ1) is 20.4. The van der Waals surface area contributed by atoms with E-state index in [1.165, 1.54) is 18.5 Å². The number of pyridine rings is 1. The van der Waals surface area contributed by atoms with Crippen LogP contribution in [0, 0.1) is 5.92 Å². The van der Waals surface area contributed by atoms with Gasteiger partial charge in [0.2, 0.25) is 11.8 Å². The van der Waals surface area contributed by atoms with E-state index in [4.69, 9.17) is 10.1 Å². The van der Waals surface area contributed by atoms with Gasteiger partial charge in [0, 0.05) is 67.1 Å². The molecule has 0 radical (unpaired) electrons. The molecule has 1 atom stereocenters. The summed E-state index contributed by atoms with van der Waals surface area (Å²) in [6, 6.07) is 7.71. The van der Waals surface area contributed by atoms with Crippen LogP contribution in [0.3, 0.4) is 0 Å². The molecule has 4 aromatic rings. The first-order valence-electron chi connectivity index (χ1n) is 14.8. The van der Waals surface area contributed by atoms with Crippen LogP contribution in [0.25, 0.3) is 22.2 Å². The highest BCUT2D eigenvalue weighted by Crippen LogP contribution is 2.46. The molecule has 3 fully saturated rings. The third kappa shape index (κ3) is 4.26. The van der Waals surface area contributed by atoms with Crippen molar-refractivity contribution in [3.63, 3.8) is 0 Å². The maximum absolute atomic E-state index is 13.0. The van der Waals surface area contributed by atoms with Crippen LogP contribution in [-0.2, 0) is 23.2 Å². The zero-order valence-electron chi connectivity index (χ0n) is 23.4. The van der Waals surface area contributed by atoms with Gasteiger partial charge in [0.1, 0.15) is 6.04 Å². The SMILES string of the molecule is Cn1ncc2cnc(-c3cn([C@H]4C[C@H](CNc5ccc6c(c5)CN(C5CCC(=O)NC5=O)C6=O)C4)nc3C3CC3)cc21. The Labute approximate surface area is 242 Å². The molecule has 3 amide bonds. The van der Waals surface area contributed by atoms with Gasteiger partial charge in [-0.15, -0.1) is 0 Å². The molecule has 1 saturated heterocycles. The Hall–Kier alpha value is -4.54. The quantitative estimate of drug-likeness (QED) is 0.329. The lowest BCUT2D eigenvalue weighted by atomic mass is 9.80. The maximum Gasteiger partial charge on any atom is 0.255 e. The molecule has 2 aliphatic carbocycles. The van der Waals surface area contributed by atoms with E-state index < -0.39 is 6.04 Å². The first kappa shape index (κ1) is 25.2. The van der Waals surface area contributed by atoms with Crippen molar-refractivity contribution in [2.24, 2.45) is 13.0 Å². The van der Waals surface area contributed by atoms with Gasteiger partial charge in [-0.05, 0) is 67.9 Å². The third-order valence-electron chi connectivity index (χ3n) is 9.33. The van der Waals surface area contributed by atoms with E-state index in [-0.39, 0.29) is 24.1 Å². The fraction of sp³-hybridized carbons (Fsp3) is 0.419. The lowest BCUT2D eigenvalue weighted by Crippen LogP contribution is -2.52. The summed E-state index contributed by atoms with van der Waals surface area (Å²) in [6.45, 7) is 1.23. The van der Waals surface area contributed by atoms with Gasteiger partial charge in [0.05, 0.1) is 29.1 Å². The van der Waals surface area contributed by atoms with Gasteiger partial charge in [-0.1, -0.05) is 0 Å². The summed E-state index contributed by atoms with van der Waals surface area (Å²) in [5.41, 5.74) is 6.87. The number of fused-ring (bicyclic) bond motifs is 2. The summed E-state index contributed by atoms with van der Waals surface area (Å²) in [4.78, 5) is 43.2. The molecule has 11 heteroatoms. The molecule has 11 nitrogen and oxygen atoms in total. The van der Waals surface area contributed by atoms with Crippen molar-refractivity contribution in [3.8, 4) is 11.3 Å². The average Bonchev–Trinajstić information content (AvgIpc) is 3.49. The number of nitrogens with zero attached hydrogens (tertiary/aromatic N) is 6. The summed E-state index contributed by atoms with van der Waals surface area (Å²) >= 11 is 0. The van der Waals surface area contributed by atoms with Crippen LogP contribution in [0.2, 0.25) is 0 Å². The second-order valence-corrected chi connectivity index (χ2v) is 12.2. The van der Waals surface area contributed by atoms with E-state index in [2.05, 4.69) is 32.7 Å². The largest absolute Gasteiger partial charge is 0.385 e. The van der Waals surface area contributed by atoms with Gasteiger partial charge >= 0.3 is 0 Å². The number of rotatable bonds is 7. The predicted octanol–water partition coefficient (Wildman–Crippen LogP) is 3.53. The molecule has 5 heterocycles. The van der Waals surface area contributed by atoms with E-state index in [0.29, 0.717) is 36.4 Å². The van der Waals surface area contributed by atoms with Gasteiger partial charge in [-0.3, -0.25) is 34.0 Å². The molecule has 8 rings (SSSR count). The number of carbonyl (C=O) groups excluding carboxylic acids is 3. The highest BCUT2D eigenvalue weighted by atomic mass is 16.2. The van der Waals surface area contributed by atoms with E-state index in [9.17, 15) is 14.4 Å². The van der Waals surface area contributed by atoms with Crippen molar-refractivity contribution in [1.29, 1.82) is 0 Å². The van der Waals surface area contributed by atoms with E-state index >= 15 is 0 Å². The minimum absolute atomic E-state index is 0.146. The molecule has 2 aliphatic heterocycles. The molecule has 42 heavy (non-hydrogen) atoms. The van der Waals surface area contributed by atoms with Gasteiger partial charge < -0.3 is 10.2 Å². The molecule has 3 aromatic heterocycles. The number of hydrogen-bond acceptors (Lipinski definition) is 7. The van der Waals surface area contributed by atoms with Crippen LogP contribution in [0.4, 0.5) is 5.69 Å². The van der Waals surface area contributed by atoms with Gasteiger partial charge in [0.15, 0.2) is 0 Å². The van der Waals surface area contributed by atoms with Crippen LogP contribution >= 0.6 is 0 Å². The maximum atomic E-state index is 13.0. The standard InChI is InChI=1S/C31H32N8O3/c1-37-27-11-25(33-13-20(27)14-34-37)24-16-39(36-29(24)18-2-3-18)22-8-17(9-22)12-32-21-4-5-23-19(10-21)15-38(31(23)42)26-6-7-28(40)35-30(26)41/h4-5,10-11,13-14,16-18,22,26,32H,2-3,6-9,12,15H2,1H3,(H,35,40,41)/t17-,22-,26?. The highest BCUT2D eigenvalue weighted by Gasteiger charge is 2.39.